The van der Waals surface area contributed by atoms with Crippen molar-refractivity contribution < 1.29 is 9.21 Å². The van der Waals surface area contributed by atoms with Crippen LogP contribution in [0.3, 0.4) is 0 Å². The Balaban J connectivity index is 1.55. The monoisotopic (exact) mass is 342 g/mol. The largest absolute Gasteiger partial charge is 0.441 e. The number of oxazole rings is 1. The number of aromatic nitrogens is 3. The Kier molecular flexibility index (Phi) is 3.61. The number of anilines is 1. The Hall–Kier alpha value is -2.60. The highest BCUT2D eigenvalue weighted by Gasteiger charge is 2.30. The van der Waals surface area contributed by atoms with Crippen LogP contribution in [0.5, 0.6) is 0 Å². The van der Waals surface area contributed by atoms with Gasteiger partial charge in [0.2, 0.25) is 5.89 Å². The molecule has 1 aliphatic rings. The highest BCUT2D eigenvalue weighted by molar-refractivity contribution is 6.34. The maximum Gasteiger partial charge on any atom is 0.277 e. The third-order valence-electron chi connectivity index (χ3n) is 3.92. The van der Waals surface area contributed by atoms with Gasteiger partial charge in [0.25, 0.3) is 5.91 Å². The topological polar surface area (TPSA) is 83.8 Å². The quantitative estimate of drug-likeness (QED) is 0.745. The molecule has 1 aromatic carbocycles. The molecule has 0 radical (unpaired) electrons. The number of carbonyl (C=O) groups is 1. The SMILES string of the molecule is Cc1cnc(-c2cccc(NC(=O)c3n[nH]c(C4CC4)c3Cl)c2)o1. The van der Waals surface area contributed by atoms with Crippen LogP contribution in [0.25, 0.3) is 11.5 Å². The fourth-order valence-electron chi connectivity index (χ4n) is 2.54. The molecule has 2 N–H and O–H groups in total. The minimum atomic E-state index is -0.344. The number of aromatic amines is 1. The van der Waals surface area contributed by atoms with Gasteiger partial charge in [0.15, 0.2) is 5.69 Å². The Labute approximate surface area is 143 Å². The molecule has 7 heteroatoms. The average molecular weight is 343 g/mol. The number of benzene rings is 1. The van der Waals surface area contributed by atoms with Gasteiger partial charge in [-0.3, -0.25) is 9.89 Å². The number of hydrogen-bond acceptors (Lipinski definition) is 4. The first-order valence-corrected chi connectivity index (χ1v) is 8.07. The lowest BCUT2D eigenvalue weighted by Crippen LogP contribution is -2.13. The molecule has 3 aromatic rings. The van der Waals surface area contributed by atoms with E-state index in [2.05, 4.69) is 20.5 Å². The zero-order valence-electron chi connectivity index (χ0n) is 13.0. The molecule has 122 valence electrons. The van der Waals surface area contributed by atoms with Crippen LogP contribution in [0.4, 0.5) is 5.69 Å². The van der Waals surface area contributed by atoms with Gasteiger partial charge in [0.1, 0.15) is 5.76 Å². The van der Waals surface area contributed by atoms with Gasteiger partial charge in [0, 0.05) is 17.2 Å². The summed E-state index contributed by atoms with van der Waals surface area (Å²) in [6.07, 6.45) is 3.82. The van der Waals surface area contributed by atoms with Crippen LogP contribution < -0.4 is 5.32 Å². The van der Waals surface area contributed by atoms with E-state index in [0.29, 0.717) is 22.5 Å². The normalized spacial score (nSPS) is 13.9. The second kappa shape index (κ2) is 5.79. The van der Waals surface area contributed by atoms with E-state index in [0.717, 1.165) is 29.9 Å². The smallest absolute Gasteiger partial charge is 0.277 e. The van der Waals surface area contributed by atoms with Gasteiger partial charge in [-0.15, -0.1) is 0 Å². The number of nitrogens with one attached hydrogen (secondary N) is 2. The number of rotatable bonds is 4. The van der Waals surface area contributed by atoms with E-state index < -0.39 is 0 Å². The fourth-order valence-corrected chi connectivity index (χ4v) is 2.87. The number of H-pyrrole nitrogens is 1. The van der Waals surface area contributed by atoms with Crippen molar-refractivity contribution in [1.82, 2.24) is 15.2 Å². The van der Waals surface area contributed by atoms with Crippen LogP contribution in [0.1, 0.15) is 40.7 Å². The Morgan fingerprint density at radius 1 is 1.42 bits per heavy atom. The van der Waals surface area contributed by atoms with Gasteiger partial charge < -0.3 is 9.73 Å². The summed E-state index contributed by atoms with van der Waals surface area (Å²) in [4.78, 5) is 16.6. The van der Waals surface area contributed by atoms with Crippen LogP contribution in [-0.4, -0.2) is 21.1 Å². The molecular formula is C17H15ClN4O2. The molecule has 0 unspecified atom stereocenters. The summed E-state index contributed by atoms with van der Waals surface area (Å²) in [7, 11) is 0. The molecule has 4 rings (SSSR count). The summed E-state index contributed by atoms with van der Waals surface area (Å²) < 4.78 is 5.51. The van der Waals surface area contributed by atoms with Crippen molar-refractivity contribution >= 4 is 23.2 Å². The van der Waals surface area contributed by atoms with E-state index in [4.69, 9.17) is 16.0 Å². The number of halogens is 1. The second-order valence-electron chi connectivity index (χ2n) is 5.89. The minimum Gasteiger partial charge on any atom is -0.441 e. The van der Waals surface area contributed by atoms with Crippen molar-refractivity contribution in [1.29, 1.82) is 0 Å². The van der Waals surface area contributed by atoms with Crippen molar-refractivity contribution in [3.05, 3.63) is 52.6 Å². The summed E-state index contributed by atoms with van der Waals surface area (Å²) in [5.41, 5.74) is 2.48. The molecule has 1 aliphatic carbocycles. The summed E-state index contributed by atoms with van der Waals surface area (Å²) in [5.74, 6) is 1.31. The highest BCUT2D eigenvalue weighted by atomic mass is 35.5. The van der Waals surface area contributed by atoms with Crippen molar-refractivity contribution in [3.63, 3.8) is 0 Å². The van der Waals surface area contributed by atoms with Crippen molar-refractivity contribution in [2.24, 2.45) is 0 Å². The van der Waals surface area contributed by atoms with Crippen LogP contribution in [-0.2, 0) is 0 Å². The standard InChI is InChI=1S/C17H15ClN4O2/c1-9-8-19-17(24-9)11-3-2-4-12(7-11)20-16(23)15-13(18)14(21-22-15)10-5-6-10/h2-4,7-8,10H,5-6H2,1H3,(H,20,23)(H,21,22). The Morgan fingerprint density at radius 3 is 2.96 bits per heavy atom. The van der Waals surface area contributed by atoms with Crippen LogP contribution in [0.2, 0.25) is 5.02 Å². The van der Waals surface area contributed by atoms with E-state index in [1.54, 1.807) is 18.3 Å². The van der Waals surface area contributed by atoms with E-state index in [9.17, 15) is 4.79 Å². The Morgan fingerprint density at radius 2 is 2.25 bits per heavy atom. The zero-order valence-corrected chi connectivity index (χ0v) is 13.7. The van der Waals surface area contributed by atoms with Gasteiger partial charge in [-0.25, -0.2) is 4.98 Å². The molecule has 2 heterocycles. The molecule has 0 spiro atoms. The average Bonchev–Trinajstić information content (AvgIpc) is 3.20. The van der Waals surface area contributed by atoms with E-state index in [1.807, 2.05) is 19.1 Å². The van der Waals surface area contributed by atoms with E-state index >= 15 is 0 Å². The van der Waals surface area contributed by atoms with Gasteiger partial charge in [-0.2, -0.15) is 5.10 Å². The van der Waals surface area contributed by atoms with E-state index in [-0.39, 0.29) is 11.6 Å². The lowest BCUT2D eigenvalue weighted by Gasteiger charge is -2.05. The number of carbonyl (C=O) groups excluding carboxylic acids is 1. The molecular weight excluding hydrogens is 328 g/mol. The first kappa shape index (κ1) is 15.0. The fraction of sp³-hybridized carbons (Fsp3) is 0.235. The summed E-state index contributed by atoms with van der Waals surface area (Å²) in [6, 6.07) is 7.28. The molecule has 2 aromatic heterocycles. The van der Waals surface area contributed by atoms with Gasteiger partial charge in [-0.05, 0) is 38.0 Å². The van der Waals surface area contributed by atoms with E-state index in [1.165, 1.54) is 0 Å². The predicted octanol–water partition coefficient (Wildman–Crippen LogP) is 4.16. The van der Waals surface area contributed by atoms with Crippen LogP contribution in [0, 0.1) is 6.92 Å². The lowest BCUT2D eigenvalue weighted by atomic mass is 10.2. The molecule has 1 amide bonds. The third kappa shape index (κ3) is 2.80. The summed E-state index contributed by atoms with van der Waals surface area (Å²) in [5, 5.41) is 10.2. The van der Waals surface area contributed by atoms with Crippen LogP contribution >= 0.6 is 11.6 Å². The number of amides is 1. The maximum absolute atomic E-state index is 12.4. The minimum absolute atomic E-state index is 0.218. The summed E-state index contributed by atoms with van der Waals surface area (Å²) in [6.45, 7) is 1.83. The highest BCUT2D eigenvalue weighted by Crippen LogP contribution is 2.42. The first-order valence-electron chi connectivity index (χ1n) is 7.70. The molecule has 1 fully saturated rings. The molecule has 0 saturated heterocycles. The van der Waals surface area contributed by atoms with Crippen molar-refractivity contribution in [2.45, 2.75) is 25.7 Å². The molecule has 1 saturated carbocycles. The summed E-state index contributed by atoms with van der Waals surface area (Å²) >= 11 is 6.27. The third-order valence-corrected chi connectivity index (χ3v) is 4.30. The molecule has 6 nitrogen and oxygen atoms in total. The van der Waals surface area contributed by atoms with Gasteiger partial charge in [0.05, 0.1) is 16.9 Å². The number of hydrogen-bond donors (Lipinski definition) is 2. The van der Waals surface area contributed by atoms with Gasteiger partial charge in [-0.1, -0.05) is 17.7 Å². The molecule has 24 heavy (non-hydrogen) atoms. The number of nitrogens with zero attached hydrogens (tertiary/aromatic N) is 2. The zero-order chi connectivity index (χ0) is 16.7. The van der Waals surface area contributed by atoms with Crippen molar-refractivity contribution in [2.75, 3.05) is 5.32 Å². The van der Waals surface area contributed by atoms with Crippen molar-refractivity contribution in [3.8, 4) is 11.5 Å². The number of aryl methyl sites for hydroxylation is 1. The first-order chi connectivity index (χ1) is 11.6. The maximum atomic E-state index is 12.4. The molecule has 0 atom stereocenters. The predicted molar refractivity (Wildman–Crippen MR) is 90.2 cm³/mol. The second-order valence-corrected chi connectivity index (χ2v) is 6.26. The molecule has 0 bridgehead atoms. The van der Waals surface area contributed by atoms with Crippen LogP contribution in [0.15, 0.2) is 34.9 Å². The van der Waals surface area contributed by atoms with Gasteiger partial charge >= 0.3 is 0 Å². The lowest BCUT2D eigenvalue weighted by molar-refractivity contribution is 0.102. The molecule has 0 aliphatic heterocycles. The Bertz CT molecular complexity index is 911.